The summed E-state index contributed by atoms with van der Waals surface area (Å²) in [6.45, 7) is 0. The third-order valence-electron chi connectivity index (χ3n) is 1.46. The molecule has 0 saturated heterocycles. The number of rotatable bonds is 3. The number of phenols is 1. The first kappa shape index (κ1) is 7.33. The molecule has 0 spiro atoms. The van der Waals surface area contributed by atoms with Crippen molar-refractivity contribution in [1.82, 2.24) is 0 Å². The fourth-order valence-electron chi connectivity index (χ4n) is 0.884. The van der Waals surface area contributed by atoms with Crippen LogP contribution in [0.25, 0.3) is 0 Å². The van der Waals surface area contributed by atoms with E-state index in [4.69, 9.17) is 11.5 Å². The molecule has 5 heteroatoms. The van der Waals surface area contributed by atoms with Gasteiger partial charge in [-0.3, -0.25) is 4.79 Å². The van der Waals surface area contributed by atoms with E-state index >= 15 is 0 Å². The highest BCUT2D eigenvalue weighted by atomic mass is 16.4. The summed E-state index contributed by atoms with van der Waals surface area (Å²) in [5.41, 5.74) is 0.190. The molecule has 0 aliphatic heterocycles. The van der Waals surface area contributed by atoms with Crippen molar-refractivity contribution >= 4 is 18.9 Å². The van der Waals surface area contributed by atoms with E-state index in [1.165, 1.54) is 18.2 Å². The van der Waals surface area contributed by atoms with E-state index in [0.717, 1.165) is 0 Å². The van der Waals surface area contributed by atoms with Crippen molar-refractivity contribution < 1.29 is 20.0 Å². The quantitative estimate of drug-likeness (QED) is 0.394. The van der Waals surface area contributed by atoms with Crippen LogP contribution in [0.15, 0.2) is 18.2 Å². The Balaban J connectivity index is 3.17. The zero-order valence-electron chi connectivity index (χ0n) is 7.10. The van der Waals surface area contributed by atoms with Crippen LogP contribution in [0.2, 0.25) is 0 Å². The summed E-state index contributed by atoms with van der Waals surface area (Å²) in [6, 6.07) is 3.97. The second-order valence-corrected chi connectivity index (χ2v) is 2.28. The van der Waals surface area contributed by atoms with Crippen LogP contribution in [0, 0.1) is 0 Å². The van der Waals surface area contributed by atoms with Crippen molar-refractivity contribution in [1.29, 1.82) is 1.43 Å². The Morgan fingerprint density at radius 2 is 2.25 bits per heavy atom. The molecule has 0 unspecified atom stereocenters. The number of carbonyl (C=O) groups excluding carboxylic acids is 1. The summed E-state index contributed by atoms with van der Waals surface area (Å²) >= 11 is 0. The summed E-state index contributed by atoms with van der Waals surface area (Å²) in [7, 11) is -1.74. The Bertz CT molecular complexity index is 315. The lowest BCUT2D eigenvalue weighted by Crippen LogP contribution is -2.32. The van der Waals surface area contributed by atoms with Crippen LogP contribution < -0.4 is 5.46 Å². The third-order valence-corrected chi connectivity index (χ3v) is 1.46. The van der Waals surface area contributed by atoms with E-state index in [2.05, 4.69) is 5.11 Å². The summed E-state index contributed by atoms with van der Waals surface area (Å²) in [4.78, 5) is 10.4. The molecule has 0 fully saturated rings. The van der Waals surface area contributed by atoms with Crippen molar-refractivity contribution in [3.05, 3.63) is 23.8 Å². The molecular weight excluding hydrogens is 159 g/mol. The Hall–Kier alpha value is -1.33. The van der Waals surface area contributed by atoms with Crippen LogP contribution in [0.4, 0.5) is 0 Å². The number of hydrogen-bond donors (Lipinski definition) is 3. The number of aldehydes is 1. The van der Waals surface area contributed by atoms with Gasteiger partial charge in [-0.2, -0.15) is 0 Å². The van der Waals surface area contributed by atoms with Gasteiger partial charge >= 0.3 is 7.12 Å². The van der Waals surface area contributed by atoms with Gasteiger partial charge in [-0.1, -0.05) is 0 Å². The molecule has 1 aromatic carbocycles. The third kappa shape index (κ3) is 1.64. The zero-order valence-corrected chi connectivity index (χ0v) is 6.10. The van der Waals surface area contributed by atoms with Crippen molar-refractivity contribution in [3.63, 3.8) is 0 Å². The van der Waals surface area contributed by atoms with Gasteiger partial charge < -0.3 is 15.2 Å². The highest BCUT2D eigenvalue weighted by molar-refractivity contribution is 6.60. The Labute approximate surface area is 70.7 Å². The first-order valence-corrected chi connectivity index (χ1v) is 3.27. The first-order valence-electron chi connectivity index (χ1n) is 3.68. The Morgan fingerprint density at radius 3 is 2.75 bits per heavy atom. The van der Waals surface area contributed by atoms with Gasteiger partial charge in [-0.25, -0.2) is 0 Å². The lowest BCUT2D eigenvalue weighted by atomic mass is 9.77. The van der Waals surface area contributed by atoms with E-state index < -0.39 is 7.12 Å². The number of benzene rings is 1. The minimum Gasteiger partial charge on any atom is -0.508 e. The van der Waals surface area contributed by atoms with Gasteiger partial charge in [0.15, 0.2) is 0 Å². The van der Waals surface area contributed by atoms with Crippen LogP contribution in [-0.2, 0) is 0 Å². The molecule has 0 atom stereocenters. The second kappa shape index (κ2) is 3.38. The maximum Gasteiger partial charge on any atom is 0.489 e. The van der Waals surface area contributed by atoms with Crippen LogP contribution in [0.1, 0.15) is 10.4 Å². The first-order chi connectivity index (χ1) is 6.19. The molecule has 3 N–H and O–H groups in total. The van der Waals surface area contributed by atoms with Crippen molar-refractivity contribution in [3.8, 4) is 5.75 Å². The van der Waals surface area contributed by atoms with E-state index in [0.29, 0.717) is 6.29 Å². The lowest BCUT2D eigenvalue weighted by Gasteiger charge is -2.02. The van der Waals surface area contributed by atoms with Crippen LogP contribution >= 0.6 is 0 Å². The van der Waals surface area contributed by atoms with Crippen LogP contribution in [-0.4, -0.2) is 30.0 Å². The summed E-state index contributed by atoms with van der Waals surface area (Å²) in [6.07, 6.45) is 0.502. The average molecular weight is 168 g/mol. The van der Waals surface area contributed by atoms with Gasteiger partial charge in [0, 0.05) is 5.56 Å². The summed E-state index contributed by atoms with van der Waals surface area (Å²) in [5.74, 6) is 0.147. The largest absolute Gasteiger partial charge is 0.508 e. The molecule has 12 heavy (non-hydrogen) atoms. The van der Waals surface area contributed by atoms with Crippen molar-refractivity contribution in [2.75, 3.05) is 0 Å². The molecule has 0 radical (unpaired) electrons. The predicted octanol–water partition coefficient (Wildman–Crippen LogP) is -1.12. The highest BCUT2D eigenvalue weighted by Gasteiger charge is 2.15. The van der Waals surface area contributed by atoms with Gasteiger partial charge in [0.05, 0.1) is 0 Å². The SMILES string of the molecule is [3H]Oc1ccc(C=O)c(B(O)O)c1. The van der Waals surface area contributed by atoms with Gasteiger partial charge in [0.25, 0.3) is 1.43 Å². The van der Waals surface area contributed by atoms with Crippen molar-refractivity contribution in [2.45, 2.75) is 0 Å². The predicted molar refractivity (Wildman–Crippen MR) is 43.3 cm³/mol. The Kier molecular flexibility index (Phi) is 2.07. The lowest BCUT2D eigenvalue weighted by molar-refractivity contribution is 0.112. The molecule has 0 aliphatic rings. The van der Waals surface area contributed by atoms with Crippen LogP contribution in [0.3, 0.4) is 0 Å². The number of phenolic OH excluding ortho intramolecular Hbond substituents is 1. The van der Waals surface area contributed by atoms with E-state index in [-0.39, 0.29) is 16.8 Å². The minimum atomic E-state index is -1.74. The maximum absolute atomic E-state index is 10.4. The second-order valence-electron chi connectivity index (χ2n) is 2.28. The monoisotopic (exact) mass is 168 g/mol. The molecule has 0 aromatic heterocycles. The zero-order chi connectivity index (χ0) is 9.84. The van der Waals surface area contributed by atoms with Crippen LogP contribution in [0.5, 0.6) is 5.75 Å². The number of carbonyl (C=O) groups is 1. The molecule has 62 valence electrons. The van der Waals surface area contributed by atoms with Gasteiger partial charge in [-0.05, 0) is 23.7 Å². The molecule has 0 amide bonds. The average Bonchev–Trinajstić information content (AvgIpc) is 2.16. The molecule has 1 rings (SSSR count). The van der Waals surface area contributed by atoms with Crippen molar-refractivity contribution in [2.24, 2.45) is 0 Å². The van der Waals surface area contributed by atoms with Gasteiger partial charge in [-0.15, -0.1) is 0 Å². The van der Waals surface area contributed by atoms with E-state index in [9.17, 15) is 4.79 Å². The number of aromatic hydroxyl groups is 1. The number of hydrogen-bond acceptors (Lipinski definition) is 4. The normalized spacial score (nSPS) is 10.3. The highest BCUT2D eigenvalue weighted by Crippen LogP contribution is 2.06. The molecule has 4 nitrogen and oxygen atoms in total. The fraction of sp³-hybridized carbons (Fsp3) is 0. The standard InChI is InChI=1S/C7H7BO4/c9-4-5-1-2-6(10)3-7(5)8(11)12/h1-4,10-12H/i/hT. The molecule has 1 aromatic rings. The molecule has 0 heterocycles. The molecule has 0 aliphatic carbocycles. The topological polar surface area (TPSA) is 77.8 Å². The van der Waals surface area contributed by atoms with Gasteiger partial charge in [0.1, 0.15) is 12.0 Å². The Morgan fingerprint density at radius 1 is 1.50 bits per heavy atom. The van der Waals surface area contributed by atoms with E-state index in [1.807, 2.05) is 0 Å². The van der Waals surface area contributed by atoms with Gasteiger partial charge in [0.2, 0.25) is 0 Å². The maximum atomic E-state index is 10.4. The summed E-state index contributed by atoms with van der Waals surface area (Å²) < 4.78 is 6.56. The summed E-state index contributed by atoms with van der Waals surface area (Å²) in [5, 5.41) is 21.8. The molecule has 0 bridgehead atoms. The molecule has 0 saturated carbocycles. The minimum absolute atomic E-state index is 0.0275. The fourth-order valence-corrected chi connectivity index (χ4v) is 0.884. The van der Waals surface area contributed by atoms with E-state index in [1.54, 1.807) is 0 Å². The molecular formula is C7H7BO4. The smallest absolute Gasteiger partial charge is 0.489 e.